The number of nitrogens with zero attached hydrogens (tertiary/aromatic N) is 3. The van der Waals surface area contributed by atoms with Crippen molar-refractivity contribution < 1.29 is 18.0 Å². The van der Waals surface area contributed by atoms with Crippen LogP contribution in [0.3, 0.4) is 0 Å². The Labute approximate surface area is 170 Å². The average Bonchev–Trinajstić information content (AvgIpc) is 3.11. The third kappa shape index (κ3) is 4.46. The van der Waals surface area contributed by atoms with E-state index in [1.807, 2.05) is 0 Å². The number of anilines is 2. The van der Waals surface area contributed by atoms with Crippen LogP contribution in [0.15, 0.2) is 53.7 Å². The molecule has 2 amide bonds. The molecule has 1 aromatic carbocycles. The van der Waals surface area contributed by atoms with Crippen LogP contribution >= 0.6 is 0 Å². The number of rotatable bonds is 7. The second kappa shape index (κ2) is 8.71. The number of carbonyl (C=O) groups is 2. The predicted molar refractivity (Wildman–Crippen MR) is 110 cm³/mol. The van der Waals surface area contributed by atoms with Gasteiger partial charge in [0.2, 0.25) is 21.8 Å². The van der Waals surface area contributed by atoms with Crippen LogP contribution in [0.2, 0.25) is 0 Å². The number of aromatic nitrogens is 1. The summed E-state index contributed by atoms with van der Waals surface area (Å²) in [4.78, 5) is 30.5. The van der Waals surface area contributed by atoms with E-state index in [0.29, 0.717) is 24.5 Å². The highest BCUT2D eigenvalue weighted by Crippen LogP contribution is 2.27. The molecule has 1 N–H and O–H groups in total. The lowest BCUT2D eigenvalue weighted by Gasteiger charge is -2.20. The minimum Gasteiger partial charge on any atom is -0.324 e. The van der Waals surface area contributed by atoms with E-state index < -0.39 is 15.9 Å². The van der Waals surface area contributed by atoms with Gasteiger partial charge in [0.25, 0.3) is 0 Å². The first-order valence-electron chi connectivity index (χ1n) is 9.48. The van der Waals surface area contributed by atoms with Crippen LogP contribution in [0.5, 0.6) is 0 Å². The molecular formula is C20H24N4O4S. The van der Waals surface area contributed by atoms with Gasteiger partial charge in [-0.1, -0.05) is 13.8 Å². The third-order valence-corrected chi connectivity index (χ3v) is 6.98. The Hall–Kier alpha value is -2.78. The monoisotopic (exact) mass is 416 g/mol. The van der Waals surface area contributed by atoms with Crippen molar-refractivity contribution in [1.82, 2.24) is 9.29 Å². The van der Waals surface area contributed by atoms with Gasteiger partial charge in [-0.2, -0.15) is 4.31 Å². The van der Waals surface area contributed by atoms with Crippen LogP contribution in [0, 0.1) is 5.92 Å². The summed E-state index contributed by atoms with van der Waals surface area (Å²) in [5, 5.41) is 2.77. The summed E-state index contributed by atoms with van der Waals surface area (Å²) in [6.07, 6.45) is 3.26. The first-order chi connectivity index (χ1) is 13.9. The maximum atomic E-state index is 12.6. The standard InChI is InChI=1S/C20H24N4O4S/c1-3-23(4-2)29(27,28)18-9-7-17(8-10-18)24-14-15(12-19(24)25)20(26)22-16-6-5-11-21-13-16/h5-11,13,15H,3-4,12,14H2,1-2H3,(H,22,26)/t15-/m1/s1. The fraction of sp³-hybridized carbons (Fsp3) is 0.350. The molecule has 0 spiro atoms. The molecule has 29 heavy (non-hydrogen) atoms. The van der Waals surface area contributed by atoms with Gasteiger partial charge in [-0.15, -0.1) is 0 Å². The maximum absolute atomic E-state index is 12.6. The molecule has 1 atom stereocenters. The Balaban J connectivity index is 1.71. The lowest BCUT2D eigenvalue weighted by Crippen LogP contribution is -2.31. The highest BCUT2D eigenvalue weighted by Gasteiger charge is 2.35. The van der Waals surface area contributed by atoms with Crippen LogP contribution in [-0.2, 0) is 19.6 Å². The Bertz CT molecular complexity index is 973. The van der Waals surface area contributed by atoms with E-state index in [4.69, 9.17) is 0 Å². The summed E-state index contributed by atoms with van der Waals surface area (Å²) in [5.74, 6) is -0.896. The molecule has 0 aliphatic carbocycles. The molecule has 1 aromatic heterocycles. The normalized spacial score (nSPS) is 17.0. The minimum atomic E-state index is -3.55. The van der Waals surface area contributed by atoms with Gasteiger partial charge in [-0.3, -0.25) is 14.6 Å². The van der Waals surface area contributed by atoms with E-state index in [2.05, 4.69) is 10.3 Å². The second-order valence-corrected chi connectivity index (χ2v) is 8.66. The molecule has 154 valence electrons. The van der Waals surface area contributed by atoms with E-state index in [-0.39, 0.29) is 29.7 Å². The molecule has 3 rings (SSSR count). The van der Waals surface area contributed by atoms with Gasteiger partial charge >= 0.3 is 0 Å². The van der Waals surface area contributed by atoms with Crippen molar-refractivity contribution in [2.75, 3.05) is 29.9 Å². The van der Waals surface area contributed by atoms with Crippen molar-refractivity contribution in [3.8, 4) is 0 Å². The van der Waals surface area contributed by atoms with Crippen LogP contribution in [0.4, 0.5) is 11.4 Å². The van der Waals surface area contributed by atoms with Gasteiger partial charge in [-0.05, 0) is 36.4 Å². The molecule has 2 aromatic rings. The first-order valence-corrected chi connectivity index (χ1v) is 10.9. The van der Waals surface area contributed by atoms with Crippen LogP contribution < -0.4 is 10.2 Å². The number of nitrogens with one attached hydrogen (secondary N) is 1. The van der Waals surface area contributed by atoms with Crippen molar-refractivity contribution in [3.63, 3.8) is 0 Å². The molecule has 0 bridgehead atoms. The summed E-state index contributed by atoms with van der Waals surface area (Å²) in [7, 11) is -3.55. The molecule has 0 saturated carbocycles. The maximum Gasteiger partial charge on any atom is 0.243 e. The van der Waals surface area contributed by atoms with Crippen molar-refractivity contribution in [3.05, 3.63) is 48.8 Å². The highest BCUT2D eigenvalue weighted by atomic mass is 32.2. The number of sulfonamides is 1. The van der Waals surface area contributed by atoms with E-state index in [1.165, 1.54) is 21.3 Å². The minimum absolute atomic E-state index is 0.103. The van der Waals surface area contributed by atoms with Crippen molar-refractivity contribution in [1.29, 1.82) is 0 Å². The molecular weight excluding hydrogens is 392 g/mol. The molecule has 1 aliphatic rings. The number of benzene rings is 1. The predicted octanol–water partition coefficient (Wildman–Crippen LogP) is 2.10. The fourth-order valence-corrected chi connectivity index (χ4v) is 4.78. The smallest absolute Gasteiger partial charge is 0.243 e. The van der Waals surface area contributed by atoms with E-state index in [0.717, 1.165) is 0 Å². The summed E-state index contributed by atoms with van der Waals surface area (Å²) >= 11 is 0. The topological polar surface area (TPSA) is 99.7 Å². The fourth-order valence-electron chi connectivity index (χ4n) is 3.32. The van der Waals surface area contributed by atoms with E-state index >= 15 is 0 Å². The van der Waals surface area contributed by atoms with Crippen molar-refractivity contribution in [2.24, 2.45) is 5.92 Å². The average molecular weight is 417 g/mol. The molecule has 1 saturated heterocycles. The Morgan fingerprint density at radius 2 is 1.90 bits per heavy atom. The molecule has 9 heteroatoms. The first kappa shape index (κ1) is 20.9. The molecule has 2 heterocycles. The number of amides is 2. The summed E-state index contributed by atoms with van der Waals surface area (Å²) < 4.78 is 26.6. The number of hydrogen-bond acceptors (Lipinski definition) is 5. The van der Waals surface area contributed by atoms with Crippen molar-refractivity contribution in [2.45, 2.75) is 25.2 Å². The SMILES string of the molecule is CCN(CC)S(=O)(=O)c1ccc(N2C[C@H](C(=O)Nc3cccnc3)CC2=O)cc1. The number of carbonyl (C=O) groups excluding carboxylic acids is 2. The van der Waals surface area contributed by atoms with Crippen LogP contribution in [0.1, 0.15) is 20.3 Å². The van der Waals surface area contributed by atoms with Gasteiger partial charge in [0.05, 0.1) is 22.7 Å². The summed E-state index contributed by atoms with van der Waals surface area (Å²) in [6.45, 7) is 4.59. The Kier molecular flexibility index (Phi) is 6.29. The highest BCUT2D eigenvalue weighted by molar-refractivity contribution is 7.89. The van der Waals surface area contributed by atoms with E-state index in [1.54, 1.807) is 50.5 Å². The van der Waals surface area contributed by atoms with Crippen LogP contribution in [0.25, 0.3) is 0 Å². The zero-order valence-corrected chi connectivity index (χ0v) is 17.2. The second-order valence-electron chi connectivity index (χ2n) is 6.72. The molecule has 8 nitrogen and oxygen atoms in total. The molecule has 1 fully saturated rings. The zero-order chi connectivity index (χ0) is 21.0. The van der Waals surface area contributed by atoms with Gasteiger partial charge in [0.1, 0.15) is 0 Å². The zero-order valence-electron chi connectivity index (χ0n) is 16.4. The summed E-state index contributed by atoms with van der Waals surface area (Å²) in [5.41, 5.74) is 1.15. The molecule has 1 aliphatic heterocycles. The number of hydrogen-bond donors (Lipinski definition) is 1. The van der Waals surface area contributed by atoms with Gasteiger partial charge in [-0.25, -0.2) is 8.42 Å². The lowest BCUT2D eigenvalue weighted by atomic mass is 10.1. The summed E-state index contributed by atoms with van der Waals surface area (Å²) in [6, 6.07) is 9.66. The van der Waals surface area contributed by atoms with Gasteiger partial charge in [0, 0.05) is 37.9 Å². The third-order valence-electron chi connectivity index (χ3n) is 4.92. The van der Waals surface area contributed by atoms with Crippen LogP contribution in [-0.4, -0.2) is 49.2 Å². The quantitative estimate of drug-likeness (QED) is 0.745. The Morgan fingerprint density at radius 1 is 1.21 bits per heavy atom. The molecule has 0 radical (unpaired) electrons. The lowest BCUT2D eigenvalue weighted by molar-refractivity contribution is -0.122. The number of pyridine rings is 1. The largest absolute Gasteiger partial charge is 0.324 e. The van der Waals surface area contributed by atoms with Crippen molar-refractivity contribution >= 4 is 33.2 Å². The molecule has 0 unspecified atom stereocenters. The van der Waals surface area contributed by atoms with E-state index in [9.17, 15) is 18.0 Å². The van der Waals surface area contributed by atoms with Gasteiger partial charge in [0.15, 0.2) is 0 Å². The Morgan fingerprint density at radius 3 is 2.48 bits per heavy atom. The van der Waals surface area contributed by atoms with Gasteiger partial charge < -0.3 is 10.2 Å².